The molecule has 35 heavy (non-hydrogen) atoms. The molecule has 0 aliphatic rings. The Kier molecular flexibility index (Phi) is 8.44. The second kappa shape index (κ2) is 11.0. The summed E-state index contributed by atoms with van der Waals surface area (Å²) >= 11 is 1.05. The molecule has 0 aliphatic carbocycles. The van der Waals surface area contributed by atoms with Crippen LogP contribution in [0, 0.1) is 6.92 Å². The van der Waals surface area contributed by atoms with Crippen molar-refractivity contribution in [2.75, 3.05) is 0 Å². The number of hydrogen-bond acceptors (Lipinski definition) is 6. The molecule has 0 saturated heterocycles. The van der Waals surface area contributed by atoms with Crippen LogP contribution in [0.3, 0.4) is 0 Å². The minimum atomic E-state index is -1.40. The van der Waals surface area contributed by atoms with E-state index >= 15 is 0 Å². The fraction of sp³-hybridized carbons (Fsp3) is 0.214. The molecule has 0 bridgehead atoms. The van der Waals surface area contributed by atoms with E-state index in [1.54, 1.807) is 30.3 Å². The summed E-state index contributed by atoms with van der Waals surface area (Å²) in [6.07, 6.45) is 0.161. The Balaban J connectivity index is 0.00000342. The number of aryl methyl sites for hydroxylation is 1. The number of carboxylic acids is 1. The molecule has 172 valence electrons. The van der Waals surface area contributed by atoms with E-state index in [2.05, 4.69) is 29.5 Å². The standard InChI is InChI=1S/C28H26N2O3S.Na/c1-17-5-9-19(10-6-17)26(31)22(15-18-7-12-21(13-8-18)28(2,3)4)25(27(32)33)20-11-14-23-24(16-20)30-34-29-23;/h5-14,16H,15H2,1-4H3,(H,32,33);/q;+1/p-1/b25-22+;. The molecule has 0 spiro atoms. The van der Waals surface area contributed by atoms with Crippen molar-refractivity contribution in [1.29, 1.82) is 0 Å². The molecule has 0 atom stereocenters. The Bertz CT molecular complexity index is 1400. The second-order valence-electron chi connectivity index (χ2n) is 9.43. The van der Waals surface area contributed by atoms with E-state index in [0.717, 1.165) is 28.4 Å². The van der Waals surface area contributed by atoms with Crippen molar-refractivity contribution < 1.29 is 44.3 Å². The van der Waals surface area contributed by atoms with Gasteiger partial charge in [-0.05, 0) is 41.2 Å². The van der Waals surface area contributed by atoms with Gasteiger partial charge in [0.2, 0.25) is 0 Å². The first-order valence-electron chi connectivity index (χ1n) is 11.0. The number of allylic oxidation sites excluding steroid dienone is 1. The number of rotatable bonds is 6. The summed E-state index contributed by atoms with van der Waals surface area (Å²) in [5.41, 5.74) is 5.13. The average Bonchev–Trinajstić information content (AvgIpc) is 3.26. The molecule has 0 unspecified atom stereocenters. The van der Waals surface area contributed by atoms with Gasteiger partial charge >= 0.3 is 29.6 Å². The third-order valence-corrected chi connectivity index (χ3v) is 6.39. The zero-order valence-corrected chi connectivity index (χ0v) is 23.4. The Labute approximate surface area is 231 Å². The van der Waals surface area contributed by atoms with Crippen molar-refractivity contribution in [3.8, 4) is 0 Å². The quantitative estimate of drug-likeness (QED) is 0.233. The number of fused-ring (bicyclic) bond motifs is 1. The van der Waals surface area contributed by atoms with Gasteiger partial charge in [0.05, 0.1) is 17.7 Å². The van der Waals surface area contributed by atoms with Gasteiger partial charge in [0.25, 0.3) is 0 Å². The van der Waals surface area contributed by atoms with Crippen LogP contribution < -0.4 is 34.7 Å². The van der Waals surface area contributed by atoms with Crippen LogP contribution in [0.1, 0.15) is 53.4 Å². The predicted octanol–water partition coefficient (Wildman–Crippen LogP) is 1.93. The zero-order chi connectivity index (χ0) is 24.5. The Morgan fingerprint density at radius 2 is 1.46 bits per heavy atom. The van der Waals surface area contributed by atoms with E-state index in [0.29, 0.717) is 22.2 Å². The number of carboxylic acid groups (broad SMARTS) is 1. The minimum absolute atomic E-state index is 0. The van der Waals surface area contributed by atoms with Crippen molar-refractivity contribution in [1.82, 2.24) is 8.75 Å². The van der Waals surface area contributed by atoms with Crippen LogP contribution in [-0.4, -0.2) is 20.5 Å². The molecular formula is C28H25N2NaO3S. The van der Waals surface area contributed by atoms with Gasteiger partial charge in [0.1, 0.15) is 11.0 Å². The van der Waals surface area contributed by atoms with Crippen molar-refractivity contribution in [3.05, 3.63) is 100 Å². The fourth-order valence-electron chi connectivity index (χ4n) is 3.84. The smallest absolute Gasteiger partial charge is 0.545 e. The molecule has 5 nitrogen and oxygen atoms in total. The number of benzene rings is 3. The largest absolute Gasteiger partial charge is 1.00 e. The van der Waals surface area contributed by atoms with Gasteiger partial charge in [0.15, 0.2) is 5.78 Å². The number of hydrogen-bond donors (Lipinski definition) is 0. The van der Waals surface area contributed by atoms with E-state index < -0.39 is 5.97 Å². The van der Waals surface area contributed by atoms with Gasteiger partial charge in [-0.25, -0.2) is 0 Å². The number of carbonyl (C=O) groups excluding carboxylic acids is 2. The number of Topliss-reactive ketones (excluding diaryl/α,β-unsaturated/α-hetero) is 1. The average molecular weight is 493 g/mol. The second-order valence-corrected chi connectivity index (χ2v) is 9.96. The van der Waals surface area contributed by atoms with Crippen LogP contribution in [-0.2, 0) is 16.6 Å². The maximum atomic E-state index is 13.6. The van der Waals surface area contributed by atoms with E-state index in [1.807, 2.05) is 43.3 Å². The number of ketones is 1. The van der Waals surface area contributed by atoms with Crippen LogP contribution in [0.4, 0.5) is 0 Å². The van der Waals surface area contributed by atoms with E-state index in [9.17, 15) is 14.7 Å². The summed E-state index contributed by atoms with van der Waals surface area (Å²) in [7, 11) is 0. The first-order chi connectivity index (χ1) is 16.1. The van der Waals surface area contributed by atoms with Crippen molar-refractivity contribution in [3.63, 3.8) is 0 Å². The fourth-order valence-corrected chi connectivity index (χ4v) is 4.36. The normalized spacial score (nSPS) is 12.1. The van der Waals surface area contributed by atoms with Gasteiger partial charge in [-0.15, -0.1) is 0 Å². The summed E-state index contributed by atoms with van der Waals surface area (Å²) in [4.78, 5) is 26.1. The van der Waals surface area contributed by atoms with Crippen LogP contribution in [0.2, 0.25) is 0 Å². The van der Waals surface area contributed by atoms with Gasteiger partial charge in [-0.1, -0.05) is 80.9 Å². The molecule has 7 heteroatoms. The molecule has 0 saturated carbocycles. The SMILES string of the molecule is Cc1ccc(C(=O)/C(Cc2ccc(C(C)(C)C)cc2)=C(/C(=O)[O-])c2ccc3nsnc3c2)cc1.[Na+]. The molecule has 4 rings (SSSR count). The molecule has 0 fully saturated rings. The number of aliphatic carboxylic acids is 1. The summed E-state index contributed by atoms with van der Waals surface area (Å²) in [5, 5.41) is 12.4. The van der Waals surface area contributed by atoms with E-state index in [-0.39, 0.29) is 58.3 Å². The topological polar surface area (TPSA) is 83.0 Å². The number of carbonyl (C=O) groups is 2. The van der Waals surface area contributed by atoms with Gasteiger partial charge in [0, 0.05) is 23.1 Å². The molecular weight excluding hydrogens is 467 g/mol. The van der Waals surface area contributed by atoms with Crippen molar-refractivity contribution >= 4 is 40.1 Å². The van der Waals surface area contributed by atoms with Gasteiger partial charge in [-0.2, -0.15) is 8.75 Å². The monoisotopic (exact) mass is 492 g/mol. The zero-order valence-electron chi connectivity index (χ0n) is 20.6. The number of aromatic nitrogens is 2. The molecule has 3 aromatic carbocycles. The molecule has 0 radical (unpaired) electrons. The summed E-state index contributed by atoms with van der Waals surface area (Å²) in [6.45, 7) is 8.33. The maximum Gasteiger partial charge on any atom is 1.00 e. The Hall–Kier alpha value is -2.64. The van der Waals surface area contributed by atoms with Crippen LogP contribution in [0.15, 0.2) is 72.3 Å². The number of nitrogens with zero attached hydrogens (tertiary/aromatic N) is 2. The van der Waals surface area contributed by atoms with Crippen molar-refractivity contribution in [2.24, 2.45) is 0 Å². The molecule has 0 N–H and O–H groups in total. The van der Waals surface area contributed by atoms with Crippen molar-refractivity contribution in [2.45, 2.75) is 39.5 Å². The van der Waals surface area contributed by atoms with E-state index in [4.69, 9.17) is 0 Å². The third kappa shape index (κ3) is 6.14. The Morgan fingerprint density at radius 1 is 0.857 bits per heavy atom. The van der Waals surface area contributed by atoms with E-state index in [1.165, 1.54) is 0 Å². The van der Waals surface area contributed by atoms with Gasteiger partial charge < -0.3 is 9.90 Å². The first kappa shape index (κ1) is 27.0. The molecule has 1 heterocycles. The molecule has 0 aliphatic heterocycles. The van der Waals surface area contributed by atoms with Crippen LogP contribution in [0.5, 0.6) is 0 Å². The third-order valence-electron chi connectivity index (χ3n) is 5.84. The summed E-state index contributed by atoms with van der Waals surface area (Å²) in [5.74, 6) is -1.74. The molecule has 0 amide bonds. The summed E-state index contributed by atoms with van der Waals surface area (Å²) < 4.78 is 8.40. The summed E-state index contributed by atoms with van der Waals surface area (Å²) in [6, 6.07) is 20.1. The maximum absolute atomic E-state index is 13.6. The van der Waals surface area contributed by atoms with Crippen LogP contribution in [0.25, 0.3) is 16.6 Å². The Morgan fingerprint density at radius 3 is 2.06 bits per heavy atom. The first-order valence-corrected chi connectivity index (χ1v) is 11.7. The molecule has 1 aromatic heterocycles. The molecule has 4 aromatic rings. The predicted molar refractivity (Wildman–Crippen MR) is 134 cm³/mol. The van der Waals surface area contributed by atoms with Crippen LogP contribution >= 0.6 is 11.7 Å². The minimum Gasteiger partial charge on any atom is -0.545 e. The van der Waals surface area contributed by atoms with Gasteiger partial charge in [-0.3, -0.25) is 4.79 Å².